The van der Waals surface area contributed by atoms with Crippen LogP contribution in [0.4, 0.5) is 4.79 Å². The zero-order valence-corrected chi connectivity index (χ0v) is 11.0. The topological polar surface area (TPSA) is 68.6 Å². The van der Waals surface area contributed by atoms with Gasteiger partial charge in [-0.25, -0.2) is 9.36 Å². The molecule has 1 aliphatic heterocycles. The van der Waals surface area contributed by atoms with Gasteiger partial charge in [-0.2, -0.15) is 0 Å². The molecular formula is C14H12N2O4. The van der Waals surface area contributed by atoms with Crippen LogP contribution in [0.2, 0.25) is 0 Å². The quantitative estimate of drug-likeness (QED) is 0.717. The number of hydrogen-bond acceptors (Lipinski definition) is 5. The molecule has 0 bridgehead atoms. The van der Waals surface area contributed by atoms with Crippen molar-refractivity contribution in [2.24, 2.45) is 0 Å². The van der Waals surface area contributed by atoms with Gasteiger partial charge in [0.15, 0.2) is 0 Å². The Morgan fingerprint density at radius 1 is 1.30 bits per heavy atom. The molecule has 102 valence electrons. The van der Waals surface area contributed by atoms with Crippen molar-refractivity contribution in [3.63, 3.8) is 0 Å². The Kier molecular flexibility index (Phi) is 2.60. The summed E-state index contributed by atoms with van der Waals surface area (Å²) >= 11 is 0. The Balaban J connectivity index is 2.19. The van der Waals surface area contributed by atoms with Gasteiger partial charge in [0.1, 0.15) is 5.69 Å². The first kappa shape index (κ1) is 12.4. The van der Waals surface area contributed by atoms with Gasteiger partial charge in [-0.05, 0) is 12.5 Å². The number of ketones is 2. The van der Waals surface area contributed by atoms with Crippen molar-refractivity contribution >= 4 is 17.7 Å². The van der Waals surface area contributed by atoms with Crippen molar-refractivity contribution in [2.75, 3.05) is 14.2 Å². The molecule has 1 aromatic rings. The normalized spacial score (nSPS) is 17.2. The predicted octanol–water partition coefficient (Wildman–Crippen LogP) is 1.58. The summed E-state index contributed by atoms with van der Waals surface area (Å²) < 4.78 is 5.70. The predicted molar refractivity (Wildman–Crippen MR) is 69.4 cm³/mol. The van der Waals surface area contributed by atoms with E-state index in [0.717, 1.165) is 4.57 Å². The Morgan fingerprint density at radius 3 is 2.75 bits per heavy atom. The lowest BCUT2D eigenvalue weighted by molar-refractivity contribution is 0.0946. The zero-order chi connectivity index (χ0) is 14.4. The van der Waals surface area contributed by atoms with Gasteiger partial charge < -0.3 is 9.64 Å². The van der Waals surface area contributed by atoms with Gasteiger partial charge in [-0.3, -0.25) is 9.59 Å². The van der Waals surface area contributed by atoms with Crippen molar-refractivity contribution in [3.05, 3.63) is 47.1 Å². The molecule has 0 saturated carbocycles. The summed E-state index contributed by atoms with van der Waals surface area (Å²) in [5, 5.41) is 0. The lowest BCUT2D eigenvalue weighted by Gasteiger charge is -2.27. The van der Waals surface area contributed by atoms with E-state index in [1.54, 1.807) is 24.2 Å². The molecule has 0 unspecified atom stereocenters. The average molecular weight is 272 g/mol. The highest BCUT2D eigenvalue weighted by molar-refractivity contribution is 6.27. The Morgan fingerprint density at radius 2 is 2.05 bits per heavy atom. The number of rotatable bonds is 0. The molecule has 1 aliphatic carbocycles. The molecule has 0 atom stereocenters. The number of fused-ring (bicyclic) bond motifs is 1. The molecule has 0 saturated heterocycles. The summed E-state index contributed by atoms with van der Waals surface area (Å²) in [4.78, 5) is 38.3. The second-order valence-electron chi connectivity index (χ2n) is 4.60. The number of nitrogens with zero attached hydrogens (tertiary/aromatic N) is 2. The van der Waals surface area contributed by atoms with Crippen molar-refractivity contribution in [1.82, 2.24) is 9.47 Å². The van der Waals surface area contributed by atoms with Gasteiger partial charge in [0.25, 0.3) is 0 Å². The monoisotopic (exact) mass is 272 g/mol. The molecule has 0 radical (unpaired) electrons. The van der Waals surface area contributed by atoms with Crippen LogP contribution in [0.3, 0.4) is 0 Å². The maximum atomic E-state index is 12.5. The average Bonchev–Trinajstić information content (AvgIpc) is 2.89. The summed E-state index contributed by atoms with van der Waals surface area (Å²) in [5.41, 5.74) is 1.12. The van der Waals surface area contributed by atoms with Crippen molar-refractivity contribution < 1.29 is 19.1 Å². The fourth-order valence-corrected chi connectivity index (χ4v) is 2.58. The van der Waals surface area contributed by atoms with E-state index in [9.17, 15) is 14.4 Å². The second-order valence-corrected chi connectivity index (χ2v) is 4.60. The van der Waals surface area contributed by atoms with Gasteiger partial charge >= 0.3 is 6.09 Å². The molecule has 0 N–H and O–H groups in total. The third-order valence-electron chi connectivity index (χ3n) is 3.50. The maximum absolute atomic E-state index is 12.5. The zero-order valence-electron chi connectivity index (χ0n) is 11.0. The third-order valence-corrected chi connectivity index (χ3v) is 3.50. The fourth-order valence-electron chi connectivity index (χ4n) is 2.58. The van der Waals surface area contributed by atoms with Crippen LogP contribution in [-0.2, 0) is 4.74 Å². The fraction of sp³-hybridized carbons (Fsp3) is 0.214. The number of carbonyl (C=O) groups excluding carboxylic acids is 3. The maximum Gasteiger partial charge on any atom is 0.418 e. The number of aromatic nitrogens is 1. The number of carbonyl (C=O) groups is 3. The highest BCUT2D eigenvalue weighted by Gasteiger charge is 2.37. The number of ether oxygens (including phenoxy) is 1. The smallest absolute Gasteiger partial charge is 0.418 e. The van der Waals surface area contributed by atoms with Gasteiger partial charge in [0, 0.05) is 25.0 Å². The molecule has 2 aliphatic rings. The molecule has 0 fully saturated rings. The molecule has 3 rings (SSSR count). The van der Waals surface area contributed by atoms with E-state index in [2.05, 4.69) is 4.74 Å². The van der Waals surface area contributed by atoms with Gasteiger partial charge in [-0.1, -0.05) is 6.08 Å². The minimum Gasteiger partial charge on any atom is -0.452 e. The first-order valence-electron chi connectivity index (χ1n) is 6.08. The lowest BCUT2D eigenvalue weighted by Crippen LogP contribution is -2.32. The van der Waals surface area contributed by atoms with Crippen molar-refractivity contribution in [2.45, 2.75) is 6.42 Å². The van der Waals surface area contributed by atoms with Gasteiger partial charge in [-0.15, -0.1) is 0 Å². The van der Waals surface area contributed by atoms with Gasteiger partial charge in [0.2, 0.25) is 11.6 Å². The molecule has 6 heteroatoms. The van der Waals surface area contributed by atoms with E-state index in [1.807, 2.05) is 0 Å². The lowest BCUT2D eigenvalue weighted by atomic mass is 9.88. The molecular weight excluding hydrogens is 260 g/mol. The van der Waals surface area contributed by atoms with Crippen LogP contribution in [0, 0.1) is 0 Å². The first-order valence-corrected chi connectivity index (χ1v) is 6.08. The summed E-state index contributed by atoms with van der Waals surface area (Å²) in [6.45, 7) is 0. The highest BCUT2D eigenvalue weighted by atomic mass is 16.5. The summed E-state index contributed by atoms with van der Waals surface area (Å²) in [5.74, 6) is -0.551. The summed E-state index contributed by atoms with van der Waals surface area (Å²) in [6.07, 6.45) is 4.65. The van der Waals surface area contributed by atoms with E-state index in [1.165, 1.54) is 19.4 Å². The van der Waals surface area contributed by atoms with Crippen LogP contribution in [0.5, 0.6) is 0 Å². The molecule has 6 nitrogen and oxygen atoms in total. The standard InChI is InChI=1S/C14H12N2O4/c1-15-6-3-4-8-10(15)12(17)9-5-7-16(14(19)20-2)11(9)13(8)18/h3,5-7H,4H2,1-2H3. The molecule has 0 spiro atoms. The third kappa shape index (κ3) is 1.48. The largest absolute Gasteiger partial charge is 0.452 e. The van der Waals surface area contributed by atoms with Crippen LogP contribution >= 0.6 is 0 Å². The first-order chi connectivity index (χ1) is 9.56. The van der Waals surface area contributed by atoms with E-state index in [-0.39, 0.29) is 22.8 Å². The summed E-state index contributed by atoms with van der Waals surface area (Å²) in [6, 6.07) is 1.47. The Hall–Kier alpha value is -2.63. The minimum atomic E-state index is -0.684. The summed E-state index contributed by atoms with van der Waals surface area (Å²) in [7, 11) is 2.95. The number of likely N-dealkylation sites (N-methyl/N-ethyl adjacent to an activating group) is 1. The van der Waals surface area contributed by atoms with E-state index >= 15 is 0 Å². The van der Waals surface area contributed by atoms with Crippen LogP contribution in [0.25, 0.3) is 0 Å². The van der Waals surface area contributed by atoms with Gasteiger partial charge in [0.05, 0.1) is 18.4 Å². The molecule has 1 aromatic heterocycles. The number of methoxy groups -OCH3 is 1. The van der Waals surface area contributed by atoms with Crippen LogP contribution in [0.15, 0.2) is 35.8 Å². The number of Topliss-reactive ketones (excluding diaryl/α,β-unsaturated/α-hetero) is 2. The molecule has 0 aromatic carbocycles. The molecule has 2 heterocycles. The Labute approximate surface area is 114 Å². The van der Waals surface area contributed by atoms with Crippen LogP contribution in [0.1, 0.15) is 27.3 Å². The van der Waals surface area contributed by atoms with E-state index in [4.69, 9.17) is 0 Å². The van der Waals surface area contributed by atoms with Crippen molar-refractivity contribution in [1.29, 1.82) is 0 Å². The van der Waals surface area contributed by atoms with E-state index < -0.39 is 6.09 Å². The van der Waals surface area contributed by atoms with Crippen LogP contribution < -0.4 is 0 Å². The van der Waals surface area contributed by atoms with Crippen molar-refractivity contribution in [3.8, 4) is 0 Å². The second kappa shape index (κ2) is 4.19. The minimum absolute atomic E-state index is 0.0873. The van der Waals surface area contributed by atoms with E-state index in [0.29, 0.717) is 17.7 Å². The SMILES string of the molecule is COC(=O)n1ccc2c1C(=O)C1=C(C2=O)N(C)C=CC1. The molecule has 0 amide bonds. The highest BCUT2D eigenvalue weighted by Crippen LogP contribution is 2.32. The number of hydrogen-bond donors (Lipinski definition) is 0. The Bertz CT molecular complexity index is 709. The van der Waals surface area contributed by atoms with Crippen LogP contribution in [-0.4, -0.2) is 41.3 Å². The molecule has 20 heavy (non-hydrogen) atoms. The number of allylic oxidation sites excluding steroid dienone is 3.